The molecule has 0 radical (unpaired) electrons. The highest BCUT2D eigenvalue weighted by atomic mass is 16.5. The molecule has 0 aliphatic carbocycles. The second-order valence-corrected chi connectivity index (χ2v) is 4.08. The van der Waals surface area contributed by atoms with Crippen molar-refractivity contribution in [1.82, 2.24) is 10.1 Å². The van der Waals surface area contributed by atoms with Crippen molar-refractivity contribution < 1.29 is 4.52 Å². The van der Waals surface area contributed by atoms with Gasteiger partial charge in [0.1, 0.15) is 0 Å². The molecule has 0 unspecified atom stereocenters. The molecule has 1 aromatic heterocycles. The Hall–Kier alpha value is -2.20. The summed E-state index contributed by atoms with van der Waals surface area (Å²) in [7, 11) is 0. The van der Waals surface area contributed by atoms with E-state index in [1.807, 2.05) is 24.3 Å². The molecule has 4 nitrogen and oxygen atoms in total. The van der Waals surface area contributed by atoms with E-state index in [1.54, 1.807) is 0 Å². The van der Waals surface area contributed by atoms with E-state index in [1.165, 1.54) is 0 Å². The summed E-state index contributed by atoms with van der Waals surface area (Å²) in [6, 6.07) is 14.2. The molecule has 0 spiro atoms. The third-order valence-corrected chi connectivity index (χ3v) is 2.86. The monoisotopic (exact) mass is 239 g/mol. The molecule has 4 heteroatoms. The molecule has 0 atom stereocenters. The summed E-state index contributed by atoms with van der Waals surface area (Å²) < 4.78 is 5.29. The summed E-state index contributed by atoms with van der Waals surface area (Å²) in [5.41, 5.74) is 6.44. The molecule has 0 amide bonds. The lowest BCUT2D eigenvalue weighted by Crippen LogP contribution is -2.03. The van der Waals surface area contributed by atoms with Crippen molar-refractivity contribution in [3.63, 3.8) is 0 Å². The van der Waals surface area contributed by atoms with Crippen LogP contribution >= 0.6 is 0 Å². The third-order valence-electron chi connectivity index (χ3n) is 2.86. The maximum absolute atomic E-state index is 5.48. The summed E-state index contributed by atoms with van der Waals surface area (Å²) in [5.74, 6) is 1.20. The van der Waals surface area contributed by atoms with E-state index in [4.69, 9.17) is 10.3 Å². The standard InChI is InChI=1S/C14H13N3O/c15-9-8-13-16-14(18-17-13)12-7-3-5-10-4-1-2-6-11(10)12/h1-7H,8-9,15H2. The highest BCUT2D eigenvalue weighted by Crippen LogP contribution is 2.27. The number of aromatic nitrogens is 2. The fraction of sp³-hybridized carbons (Fsp3) is 0.143. The van der Waals surface area contributed by atoms with Gasteiger partial charge >= 0.3 is 0 Å². The predicted octanol–water partition coefficient (Wildman–Crippen LogP) is 2.39. The van der Waals surface area contributed by atoms with Gasteiger partial charge in [-0.15, -0.1) is 0 Å². The Morgan fingerprint density at radius 1 is 1.06 bits per heavy atom. The van der Waals surface area contributed by atoms with Crippen molar-refractivity contribution in [2.24, 2.45) is 5.73 Å². The zero-order valence-electron chi connectivity index (χ0n) is 9.84. The van der Waals surface area contributed by atoms with E-state index in [2.05, 4.69) is 28.3 Å². The van der Waals surface area contributed by atoms with Gasteiger partial charge in [0.25, 0.3) is 5.89 Å². The van der Waals surface area contributed by atoms with Crippen molar-refractivity contribution in [3.05, 3.63) is 48.3 Å². The number of benzene rings is 2. The van der Waals surface area contributed by atoms with Gasteiger partial charge in [0, 0.05) is 12.0 Å². The molecule has 0 aliphatic heterocycles. The van der Waals surface area contributed by atoms with Crippen LogP contribution in [0.25, 0.3) is 22.2 Å². The molecule has 1 heterocycles. The average molecular weight is 239 g/mol. The maximum atomic E-state index is 5.48. The van der Waals surface area contributed by atoms with Crippen LogP contribution in [0.3, 0.4) is 0 Å². The molecule has 0 bridgehead atoms. The third kappa shape index (κ3) is 1.87. The van der Waals surface area contributed by atoms with Crippen LogP contribution in [0.1, 0.15) is 5.82 Å². The predicted molar refractivity (Wildman–Crippen MR) is 70.0 cm³/mol. The molecule has 0 saturated carbocycles. The first-order valence-corrected chi connectivity index (χ1v) is 5.89. The lowest BCUT2D eigenvalue weighted by molar-refractivity contribution is 0.423. The Bertz CT molecular complexity index is 670. The van der Waals surface area contributed by atoms with Gasteiger partial charge in [0.15, 0.2) is 5.82 Å². The summed E-state index contributed by atoms with van der Waals surface area (Å²) in [4.78, 5) is 4.36. The highest BCUT2D eigenvalue weighted by molar-refractivity contribution is 5.94. The van der Waals surface area contributed by atoms with Crippen LogP contribution in [0.4, 0.5) is 0 Å². The van der Waals surface area contributed by atoms with Crippen molar-refractivity contribution in [1.29, 1.82) is 0 Å². The second kappa shape index (κ2) is 4.58. The molecule has 0 aliphatic rings. The lowest BCUT2D eigenvalue weighted by Gasteiger charge is -2.01. The van der Waals surface area contributed by atoms with Crippen molar-refractivity contribution in [2.75, 3.05) is 6.54 Å². The smallest absolute Gasteiger partial charge is 0.258 e. The summed E-state index contributed by atoms with van der Waals surface area (Å²) in [5, 5.41) is 6.20. The minimum Gasteiger partial charge on any atom is -0.334 e. The topological polar surface area (TPSA) is 64.9 Å². The molecular weight excluding hydrogens is 226 g/mol. The summed E-state index contributed by atoms with van der Waals surface area (Å²) in [6.45, 7) is 0.522. The molecule has 2 aromatic carbocycles. The highest BCUT2D eigenvalue weighted by Gasteiger charge is 2.10. The van der Waals surface area contributed by atoms with Crippen LogP contribution in [-0.4, -0.2) is 16.7 Å². The van der Waals surface area contributed by atoms with E-state index >= 15 is 0 Å². The van der Waals surface area contributed by atoms with Gasteiger partial charge in [-0.3, -0.25) is 0 Å². The van der Waals surface area contributed by atoms with Gasteiger partial charge in [-0.25, -0.2) is 0 Å². The van der Waals surface area contributed by atoms with E-state index in [0.717, 1.165) is 16.3 Å². The Kier molecular flexibility index (Phi) is 2.78. The molecule has 2 N–H and O–H groups in total. The van der Waals surface area contributed by atoms with Crippen LogP contribution in [0.15, 0.2) is 47.0 Å². The zero-order chi connectivity index (χ0) is 12.4. The fourth-order valence-corrected chi connectivity index (χ4v) is 2.01. The van der Waals surface area contributed by atoms with E-state index in [-0.39, 0.29) is 0 Å². The molecule has 0 saturated heterocycles. The first-order chi connectivity index (χ1) is 8.88. The zero-order valence-corrected chi connectivity index (χ0v) is 9.84. The largest absolute Gasteiger partial charge is 0.334 e. The van der Waals surface area contributed by atoms with Crippen molar-refractivity contribution >= 4 is 10.8 Å². The van der Waals surface area contributed by atoms with Crippen LogP contribution in [0, 0.1) is 0 Å². The van der Waals surface area contributed by atoms with Crippen LogP contribution in [0.2, 0.25) is 0 Å². The minimum atomic E-state index is 0.522. The van der Waals surface area contributed by atoms with Gasteiger partial charge in [0.2, 0.25) is 0 Å². The van der Waals surface area contributed by atoms with Crippen LogP contribution in [-0.2, 0) is 6.42 Å². The molecule has 3 rings (SSSR count). The van der Waals surface area contributed by atoms with E-state index in [9.17, 15) is 0 Å². The number of fused-ring (bicyclic) bond motifs is 1. The average Bonchev–Trinajstić information content (AvgIpc) is 2.87. The first-order valence-electron chi connectivity index (χ1n) is 5.89. The SMILES string of the molecule is NCCc1noc(-c2cccc3ccccc23)n1. The van der Waals surface area contributed by atoms with Gasteiger partial charge < -0.3 is 10.3 Å². The van der Waals surface area contributed by atoms with E-state index in [0.29, 0.717) is 24.7 Å². The Morgan fingerprint density at radius 3 is 2.78 bits per heavy atom. The van der Waals surface area contributed by atoms with E-state index < -0.39 is 0 Å². The summed E-state index contributed by atoms with van der Waals surface area (Å²) in [6.07, 6.45) is 0.633. The maximum Gasteiger partial charge on any atom is 0.258 e. The Morgan fingerprint density at radius 2 is 1.89 bits per heavy atom. The molecular formula is C14H13N3O. The van der Waals surface area contributed by atoms with Crippen molar-refractivity contribution in [3.8, 4) is 11.5 Å². The number of nitrogens with two attached hydrogens (primary N) is 1. The molecule has 0 fully saturated rings. The number of hydrogen-bond acceptors (Lipinski definition) is 4. The molecule has 3 aromatic rings. The number of rotatable bonds is 3. The molecule has 90 valence electrons. The lowest BCUT2D eigenvalue weighted by atomic mass is 10.0. The minimum absolute atomic E-state index is 0.522. The molecule has 18 heavy (non-hydrogen) atoms. The van der Waals surface area contributed by atoms with Crippen molar-refractivity contribution in [2.45, 2.75) is 6.42 Å². The number of hydrogen-bond donors (Lipinski definition) is 1. The van der Waals surface area contributed by atoms with Gasteiger partial charge in [-0.1, -0.05) is 41.6 Å². The second-order valence-electron chi connectivity index (χ2n) is 4.08. The van der Waals surface area contributed by atoms with Gasteiger partial charge in [0.05, 0.1) is 0 Å². The van der Waals surface area contributed by atoms with Crippen LogP contribution < -0.4 is 5.73 Å². The Labute approximate surface area is 104 Å². The van der Waals surface area contributed by atoms with Gasteiger partial charge in [-0.05, 0) is 23.4 Å². The quantitative estimate of drug-likeness (QED) is 0.762. The van der Waals surface area contributed by atoms with Gasteiger partial charge in [-0.2, -0.15) is 4.98 Å². The normalized spacial score (nSPS) is 10.9. The number of nitrogens with zero attached hydrogens (tertiary/aromatic N) is 2. The Balaban J connectivity index is 2.12. The summed E-state index contributed by atoms with van der Waals surface area (Å²) >= 11 is 0. The first kappa shape index (κ1) is 10.9. The fourth-order valence-electron chi connectivity index (χ4n) is 2.01. The van der Waals surface area contributed by atoms with Crippen LogP contribution in [0.5, 0.6) is 0 Å².